The third-order valence-electron chi connectivity index (χ3n) is 2.50. The van der Waals surface area contributed by atoms with Gasteiger partial charge in [-0.05, 0) is 40.2 Å². The zero-order valence-corrected chi connectivity index (χ0v) is 12.9. The molecular weight excluding hydrogens is 246 g/mol. The Morgan fingerprint density at radius 2 is 1.47 bits per heavy atom. The number of carbonyl (C=O) groups excluding carboxylic acids is 2. The number of ether oxygens (including phenoxy) is 1. The van der Waals surface area contributed by atoms with Gasteiger partial charge in [-0.1, -0.05) is 6.58 Å². The first kappa shape index (κ1) is 17.6. The Balaban J connectivity index is 4.64. The van der Waals surface area contributed by atoms with Gasteiger partial charge in [0, 0.05) is 14.1 Å². The van der Waals surface area contributed by atoms with E-state index in [0.29, 0.717) is 5.57 Å². The van der Waals surface area contributed by atoms with E-state index in [1.54, 1.807) is 48.7 Å². The Hall–Kier alpha value is -1.36. The number of hydroxylamine groups is 2. The summed E-state index contributed by atoms with van der Waals surface area (Å²) in [6.07, 6.45) is 0. The van der Waals surface area contributed by atoms with E-state index in [4.69, 9.17) is 9.57 Å². The van der Waals surface area contributed by atoms with Gasteiger partial charge in [0.15, 0.2) is 0 Å². The number of hydrogen-bond acceptors (Lipinski definition) is 5. The second-order valence-corrected chi connectivity index (χ2v) is 5.77. The van der Waals surface area contributed by atoms with Gasteiger partial charge in [-0.25, -0.2) is 4.79 Å². The van der Waals surface area contributed by atoms with Crippen molar-refractivity contribution in [2.45, 2.75) is 40.2 Å². The van der Waals surface area contributed by atoms with Crippen molar-refractivity contribution in [1.82, 2.24) is 5.06 Å². The molecule has 2 atom stereocenters. The van der Waals surface area contributed by atoms with Crippen LogP contribution in [0.5, 0.6) is 0 Å². The van der Waals surface area contributed by atoms with Crippen LogP contribution in [0, 0.1) is 11.8 Å². The Morgan fingerprint density at radius 3 is 1.84 bits per heavy atom. The second kappa shape index (κ2) is 6.70. The lowest BCUT2D eigenvalue weighted by molar-refractivity contribution is -0.181. The molecule has 0 saturated heterocycles. The Labute approximate surface area is 115 Å². The maximum absolute atomic E-state index is 11.9. The van der Waals surface area contributed by atoms with Crippen molar-refractivity contribution in [3.63, 3.8) is 0 Å². The van der Waals surface area contributed by atoms with Crippen LogP contribution < -0.4 is 0 Å². The normalized spacial score (nSPS) is 14.7. The highest BCUT2D eigenvalue weighted by atomic mass is 16.7. The lowest BCUT2D eigenvalue weighted by atomic mass is 9.91. The molecule has 0 bridgehead atoms. The number of rotatable bonds is 5. The number of esters is 1. The first-order valence-corrected chi connectivity index (χ1v) is 6.26. The molecule has 5 nitrogen and oxygen atoms in total. The maximum Gasteiger partial charge on any atom is 0.331 e. The summed E-state index contributed by atoms with van der Waals surface area (Å²) in [5, 5.41) is 1.31. The van der Waals surface area contributed by atoms with Gasteiger partial charge in [0.05, 0.1) is 11.8 Å². The van der Waals surface area contributed by atoms with E-state index in [1.807, 2.05) is 0 Å². The third-order valence-corrected chi connectivity index (χ3v) is 2.50. The van der Waals surface area contributed by atoms with Crippen molar-refractivity contribution in [2.75, 3.05) is 14.1 Å². The van der Waals surface area contributed by atoms with Crippen LogP contribution in [-0.4, -0.2) is 36.7 Å². The van der Waals surface area contributed by atoms with Crippen molar-refractivity contribution < 1.29 is 19.2 Å². The molecule has 0 rings (SSSR count). The zero-order valence-electron chi connectivity index (χ0n) is 12.9. The summed E-state index contributed by atoms with van der Waals surface area (Å²) in [5.41, 5.74) is -0.0694. The molecule has 0 spiro atoms. The monoisotopic (exact) mass is 271 g/mol. The molecule has 2 unspecified atom stereocenters. The van der Waals surface area contributed by atoms with Gasteiger partial charge < -0.3 is 9.57 Å². The van der Waals surface area contributed by atoms with Crippen molar-refractivity contribution in [3.8, 4) is 0 Å². The minimum atomic E-state index is -0.565. The van der Waals surface area contributed by atoms with Gasteiger partial charge in [-0.3, -0.25) is 4.79 Å². The van der Waals surface area contributed by atoms with Gasteiger partial charge >= 0.3 is 11.9 Å². The molecule has 0 N–H and O–H groups in total. The minimum Gasteiger partial charge on any atom is -0.460 e. The standard InChI is InChI=1S/C14H25NO4/c1-9(11(3)13(17)19-15(7)8)10(2)12(16)18-14(4,5)6/h10-11H,1H2,2-8H3. The van der Waals surface area contributed by atoms with Crippen molar-refractivity contribution >= 4 is 11.9 Å². The van der Waals surface area contributed by atoms with Crippen molar-refractivity contribution in [2.24, 2.45) is 11.8 Å². The van der Waals surface area contributed by atoms with Gasteiger partial charge in [0.25, 0.3) is 0 Å². The fourth-order valence-corrected chi connectivity index (χ4v) is 1.33. The van der Waals surface area contributed by atoms with Crippen LogP contribution in [0.1, 0.15) is 34.6 Å². The van der Waals surface area contributed by atoms with Crippen LogP contribution in [0.15, 0.2) is 12.2 Å². The van der Waals surface area contributed by atoms with Crippen molar-refractivity contribution in [3.05, 3.63) is 12.2 Å². The highest BCUT2D eigenvalue weighted by Crippen LogP contribution is 2.23. The van der Waals surface area contributed by atoms with E-state index in [0.717, 1.165) is 0 Å². The smallest absolute Gasteiger partial charge is 0.331 e. The van der Waals surface area contributed by atoms with Gasteiger partial charge in [-0.2, -0.15) is 0 Å². The maximum atomic E-state index is 11.9. The molecule has 110 valence electrons. The van der Waals surface area contributed by atoms with E-state index in [-0.39, 0.29) is 5.97 Å². The largest absolute Gasteiger partial charge is 0.460 e. The van der Waals surface area contributed by atoms with Crippen LogP contribution in [-0.2, 0) is 19.2 Å². The zero-order chi connectivity index (χ0) is 15.4. The summed E-state index contributed by atoms with van der Waals surface area (Å²) < 4.78 is 5.27. The predicted octanol–water partition coefficient (Wildman–Crippen LogP) is 2.18. The fourth-order valence-electron chi connectivity index (χ4n) is 1.33. The van der Waals surface area contributed by atoms with Crippen LogP contribution in [0.25, 0.3) is 0 Å². The van der Waals surface area contributed by atoms with E-state index in [2.05, 4.69) is 6.58 Å². The number of carbonyl (C=O) groups is 2. The Morgan fingerprint density at radius 1 is 1.05 bits per heavy atom. The second-order valence-electron chi connectivity index (χ2n) is 5.77. The molecule has 0 amide bonds. The minimum absolute atomic E-state index is 0.387. The van der Waals surface area contributed by atoms with E-state index in [1.165, 1.54) is 5.06 Å². The van der Waals surface area contributed by atoms with E-state index < -0.39 is 23.4 Å². The SMILES string of the molecule is C=C(C(C)C(=O)ON(C)C)C(C)C(=O)OC(C)(C)C. The van der Waals surface area contributed by atoms with Crippen LogP contribution in [0.2, 0.25) is 0 Å². The summed E-state index contributed by atoms with van der Waals surface area (Å²) in [6.45, 7) is 12.5. The molecule has 0 fully saturated rings. The first-order valence-electron chi connectivity index (χ1n) is 6.26. The van der Waals surface area contributed by atoms with Crippen LogP contribution in [0.4, 0.5) is 0 Å². The highest BCUT2D eigenvalue weighted by Gasteiger charge is 2.29. The number of nitrogens with zero attached hydrogens (tertiary/aromatic N) is 1. The molecule has 19 heavy (non-hydrogen) atoms. The molecule has 5 heteroatoms. The van der Waals surface area contributed by atoms with Gasteiger partial charge in [0.1, 0.15) is 5.60 Å². The molecule has 0 aromatic rings. The lowest BCUT2D eigenvalue weighted by Crippen LogP contribution is -2.32. The average molecular weight is 271 g/mol. The molecule has 0 heterocycles. The molecular formula is C14H25NO4. The third kappa shape index (κ3) is 6.38. The summed E-state index contributed by atoms with van der Waals surface area (Å²) in [7, 11) is 3.23. The highest BCUT2D eigenvalue weighted by molar-refractivity contribution is 5.81. The van der Waals surface area contributed by atoms with Gasteiger partial charge in [0.2, 0.25) is 0 Å². The Bertz CT molecular complexity index is 355. The molecule has 0 aromatic heterocycles. The number of hydrogen-bond donors (Lipinski definition) is 0. The quantitative estimate of drug-likeness (QED) is 0.436. The van der Waals surface area contributed by atoms with Crippen LogP contribution in [0.3, 0.4) is 0 Å². The molecule has 0 aliphatic carbocycles. The van der Waals surface area contributed by atoms with Crippen molar-refractivity contribution in [1.29, 1.82) is 0 Å². The molecule has 0 radical (unpaired) electrons. The van der Waals surface area contributed by atoms with Gasteiger partial charge in [-0.15, -0.1) is 5.06 Å². The summed E-state index contributed by atoms with van der Waals surface area (Å²) in [5.74, 6) is -1.94. The lowest BCUT2D eigenvalue weighted by Gasteiger charge is -2.25. The van der Waals surface area contributed by atoms with Crippen LogP contribution >= 0.6 is 0 Å². The Kier molecular flexibility index (Phi) is 6.22. The first-order chi connectivity index (χ1) is 8.45. The predicted molar refractivity (Wildman–Crippen MR) is 73.1 cm³/mol. The van der Waals surface area contributed by atoms with E-state index >= 15 is 0 Å². The molecule has 0 aliphatic heterocycles. The molecule has 0 aromatic carbocycles. The molecule has 0 saturated carbocycles. The topological polar surface area (TPSA) is 55.8 Å². The summed E-state index contributed by atoms with van der Waals surface area (Å²) >= 11 is 0. The van der Waals surface area contributed by atoms with E-state index in [9.17, 15) is 9.59 Å². The summed E-state index contributed by atoms with van der Waals surface area (Å²) in [4.78, 5) is 28.6. The fraction of sp³-hybridized carbons (Fsp3) is 0.714. The molecule has 0 aliphatic rings. The average Bonchev–Trinajstić information content (AvgIpc) is 2.22. The summed E-state index contributed by atoms with van der Waals surface area (Å²) in [6, 6.07) is 0.